The maximum Gasteiger partial charge on any atom is 0.266 e. The van der Waals surface area contributed by atoms with Crippen molar-refractivity contribution in [2.75, 3.05) is 21.3 Å². The molecule has 28 heavy (non-hydrogen) atoms. The summed E-state index contributed by atoms with van der Waals surface area (Å²) in [6.45, 7) is 1.97. The maximum absolute atomic E-state index is 13.1. The molecule has 7 heteroatoms. The number of ether oxygens (including phenoxy) is 3. The van der Waals surface area contributed by atoms with Crippen LogP contribution in [0.4, 0.5) is 0 Å². The van der Waals surface area contributed by atoms with Gasteiger partial charge in [-0.1, -0.05) is 54.3 Å². The first kappa shape index (κ1) is 20.2. The first-order chi connectivity index (χ1) is 13.5. The normalized spacial score (nSPS) is 16.4. The largest absolute Gasteiger partial charge is 0.496 e. The summed E-state index contributed by atoms with van der Waals surface area (Å²) in [5.74, 6) is 1.58. The van der Waals surface area contributed by atoms with E-state index in [2.05, 4.69) is 0 Å². The van der Waals surface area contributed by atoms with Crippen LogP contribution in [0.25, 0.3) is 6.08 Å². The molecule has 0 unspecified atom stereocenters. The van der Waals surface area contributed by atoms with Crippen molar-refractivity contribution in [2.45, 2.75) is 13.0 Å². The lowest BCUT2D eigenvalue weighted by Gasteiger charge is -2.23. The average Bonchev–Trinajstić information content (AvgIpc) is 3.00. The first-order valence-electron chi connectivity index (χ1n) is 8.62. The first-order valence-corrected chi connectivity index (χ1v) is 9.84. The molecule has 0 bridgehead atoms. The molecule has 1 fully saturated rings. The van der Waals surface area contributed by atoms with Crippen molar-refractivity contribution in [3.05, 3.63) is 58.5 Å². The van der Waals surface area contributed by atoms with Gasteiger partial charge >= 0.3 is 0 Å². The number of hydrogen-bond acceptors (Lipinski definition) is 6. The lowest BCUT2D eigenvalue weighted by atomic mass is 10.1. The van der Waals surface area contributed by atoms with Gasteiger partial charge in [0.25, 0.3) is 5.91 Å². The van der Waals surface area contributed by atoms with Gasteiger partial charge in [0, 0.05) is 11.6 Å². The summed E-state index contributed by atoms with van der Waals surface area (Å²) in [7, 11) is 4.70. The molecular weight excluding hydrogens is 394 g/mol. The molecule has 0 saturated carbocycles. The molecular formula is C21H21NO4S2. The van der Waals surface area contributed by atoms with Crippen LogP contribution in [0.15, 0.2) is 47.4 Å². The van der Waals surface area contributed by atoms with Crippen LogP contribution in [0.1, 0.15) is 24.1 Å². The molecule has 0 aliphatic carbocycles. The summed E-state index contributed by atoms with van der Waals surface area (Å²) in [6.07, 6.45) is 1.78. The fourth-order valence-electron chi connectivity index (χ4n) is 3.00. The van der Waals surface area contributed by atoms with Gasteiger partial charge in [-0.15, -0.1) is 0 Å². The third-order valence-corrected chi connectivity index (χ3v) is 5.85. The Labute approximate surface area is 174 Å². The minimum atomic E-state index is -0.146. The number of thiocarbonyl (C=S) groups is 1. The predicted octanol–water partition coefficient (Wildman–Crippen LogP) is 4.67. The summed E-state index contributed by atoms with van der Waals surface area (Å²) in [4.78, 5) is 15.3. The SMILES string of the molecule is COc1cc(OC)c(OC)cc1/C=C1\SC(=S)N([C@@H](C)c2ccccc2)C1=O. The molecule has 1 aliphatic rings. The molecule has 0 aromatic heterocycles. The van der Waals surface area contributed by atoms with Crippen molar-refractivity contribution in [1.29, 1.82) is 0 Å². The van der Waals surface area contributed by atoms with Gasteiger partial charge in [-0.3, -0.25) is 9.69 Å². The van der Waals surface area contributed by atoms with Crippen LogP contribution in [0.3, 0.4) is 0 Å². The van der Waals surface area contributed by atoms with Gasteiger partial charge in [0.05, 0.1) is 32.3 Å². The van der Waals surface area contributed by atoms with Gasteiger partial charge in [0.15, 0.2) is 11.5 Å². The molecule has 0 spiro atoms. The van der Waals surface area contributed by atoms with Crippen molar-refractivity contribution >= 4 is 40.3 Å². The molecule has 0 N–H and O–H groups in total. The van der Waals surface area contributed by atoms with Crippen LogP contribution in [-0.2, 0) is 4.79 Å². The van der Waals surface area contributed by atoms with Crippen molar-refractivity contribution in [3.63, 3.8) is 0 Å². The van der Waals surface area contributed by atoms with Gasteiger partial charge in [-0.2, -0.15) is 0 Å². The molecule has 1 saturated heterocycles. The second-order valence-electron chi connectivity index (χ2n) is 6.09. The Balaban J connectivity index is 1.96. The van der Waals surface area contributed by atoms with Crippen molar-refractivity contribution < 1.29 is 19.0 Å². The second-order valence-corrected chi connectivity index (χ2v) is 7.76. The van der Waals surface area contributed by atoms with Crippen molar-refractivity contribution in [3.8, 4) is 17.2 Å². The third kappa shape index (κ3) is 3.86. The standard InChI is InChI=1S/C21H21NO4S2/c1-13(14-8-6-5-7-9-14)22-20(23)19(28-21(22)27)11-15-10-17(25-3)18(26-4)12-16(15)24-2/h5-13H,1-4H3/b19-11-/t13-/m0/s1. The van der Waals surface area contributed by atoms with Crippen LogP contribution in [0.5, 0.6) is 17.2 Å². The van der Waals surface area contributed by atoms with E-state index in [1.165, 1.54) is 11.8 Å². The Kier molecular flexibility index (Phi) is 6.26. The highest BCUT2D eigenvalue weighted by Crippen LogP contribution is 2.41. The zero-order chi connectivity index (χ0) is 20.3. The number of methoxy groups -OCH3 is 3. The molecule has 146 valence electrons. The molecule has 2 aromatic rings. The summed E-state index contributed by atoms with van der Waals surface area (Å²) in [5, 5.41) is 0. The number of rotatable bonds is 6. The molecule has 1 heterocycles. The molecule has 1 amide bonds. The van der Waals surface area contributed by atoms with Gasteiger partial charge in [-0.05, 0) is 24.6 Å². The van der Waals surface area contributed by atoms with Crippen LogP contribution < -0.4 is 14.2 Å². The quantitative estimate of drug-likeness (QED) is 0.505. The number of hydrogen-bond donors (Lipinski definition) is 0. The number of benzene rings is 2. The van der Waals surface area contributed by atoms with Gasteiger partial charge in [-0.25, -0.2) is 0 Å². The van der Waals surface area contributed by atoms with E-state index in [4.69, 9.17) is 26.4 Å². The van der Waals surface area contributed by atoms with E-state index in [-0.39, 0.29) is 11.9 Å². The fraction of sp³-hybridized carbons (Fsp3) is 0.238. The number of carbonyl (C=O) groups is 1. The lowest BCUT2D eigenvalue weighted by Crippen LogP contribution is -2.30. The van der Waals surface area contributed by atoms with E-state index in [0.717, 1.165) is 5.56 Å². The molecule has 5 nitrogen and oxygen atoms in total. The molecule has 0 radical (unpaired) electrons. The van der Waals surface area contributed by atoms with Gasteiger partial charge in [0.1, 0.15) is 10.1 Å². The van der Waals surface area contributed by atoms with E-state index >= 15 is 0 Å². The van der Waals surface area contributed by atoms with E-state index in [1.807, 2.05) is 37.3 Å². The van der Waals surface area contributed by atoms with Gasteiger partial charge < -0.3 is 14.2 Å². The molecule has 2 aromatic carbocycles. The summed E-state index contributed by atoms with van der Waals surface area (Å²) < 4.78 is 16.7. The summed E-state index contributed by atoms with van der Waals surface area (Å²) >= 11 is 6.77. The molecule has 1 aliphatic heterocycles. The summed E-state index contributed by atoms with van der Waals surface area (Å²) in [5.41, 5.74) is 1.75. The highest BCUT2D eigenvalue weighted by Gasteiger charge is 2.36. The number of nitrogens with zero attached hydrogens (tertiary/aromatic N) is 1. The fourth-order valence-corrected chi connectivity index (χ4v) is 4.41. The van der Waals surface area contributed by atoms with E-state index in [9.17, 15) is 4.79 Å². The average molecular weight is 416 g/mol. The number of carbonyl (C=O) groups excluding carboxylic acids is 1. The lowest BCUT2D eigenvalue weighted by molar-refractivity contribution is -0.123. The monoisotopic (exact) mass is 415 g/mol. The van der Waals surface area contributed by atoms with E-state index < -0.39 is 0 Å². The predicted molar refractivity (Wildman–Crippen MR) is 116 cm³/mol. The van der Waals surface area contributed by atoms with Crippen molar-refractivity contribution in [2.24, 2.45) is 0 Å². The van der Waals surface area contributed by atoms with Crippen LogP contribution in [-0.4, -0.2) is 36.5 Å². The smallest absolute Gasteiger partial charge is 0.266 e. The maximum atomic E-state index is 13.1. The number of amides is 1. The van der Waals surface area contributed by atoms with Crippen LogP contribution in [0.2, 0.25) is 0 Å². The second kappa shape index (κ2) is 8.67. The molecule has 1 atom stereocenters. The highest BCUT2D eigenvalue weighted by atomic mass is 32.2. The third-order valence-electron chi connectivity index (χ3n) is 4.52. The molecule has 3 rings (SSSR count). The highest BCUT2D eigenvalue weighted by molar-refractivity contribution is 8.26. The zero-order valence-corrected chi connectivity index (χ0v) is 17.7. The zero-order valence-electron chi connectivity index (χ0n) is 16.1. The Hall–Kier alpha value is -2.51. The van der Waals surface area contributed by atoms with Crippen LogP contribution in [0, 0.1) is 0 Å². The minimum absolute atomic E-state index is 0.122. The Morgan fingerprint density at radius 3 is 2.21 bits per heavy atom. The number of thioether (sulfide) groups is 1. The minimum Gasteiger partial charge on any atom is -0.496 e. The van der Waals surface area contributed by atoms with Crippen molar-refractivity contribution in [1.82, 2.24) is 4.90 Å². The van der Waals surface area contributed by atoms with E-state index in [0.29, 0.717) is 32.0 Å². The van der Waals surface area contributed by atoms with Gasteiger partial charge in [0.2, 0.25) is 0 Å². The Morgan fingerprint density at radius 2 is 1.61 bits per heavy atom. The van der Waals surface area contributed by atoms with Crippen LogP contribution >= 0.6 is 24.0 Å². The Bertz CT molecular complexity index is 928. The topological polar surface area (TPSA) is 48.0 Å². The Morgan fingerprint density at radius 1 is 1.00 bits per heavy atom. The summed E-state index contributed by atoms with van der Waals surface area (Å²) in [6, 6.07) is 13.2. The van der Waals surface area contributed by atoms with E-state index in [1.54, 1.807) is 44.4 Å².